The molecule has 2 aromatic heterocycles. The molecule has 0 amide bonds. The minimum absolute atomic E-state index is 0.186. The molecule has 0 saturated heterocycles. The summed E-state index contributed by atoms with van der Waals surface area (Å²) in [5.74, 6) is 2.91. The summed E-state index contributed by atoms with van der Waals surface area (Å²) in [7, 11) is 0. The Kier molecular flexibility index (Phi) is 13.0. The van der Waals surface area contributed by atoms with Crippen LogP contribution >= 0.6 is 22.7 Å². The van der Waals surface area contributed by atoms with E-state index in [0.717, 1.165) is 96.2 Å². The maximum absolute atomic E-state index is 6.58. The SMILES string of the molecule is CC1(C)c2ccccc2-c2ccc(N(c3ccc(-c4ccccc4)cc3)c3ccc(-c4cc5c6c(c4)N(c4ccc7c(c4)OCCO7)c4cc7c(cc4B6c4ccc(-c6ccc8c(c6)sc6ccccc68)cc4N5c4cccc(-c5ccc6c(c5)sc5ccccc56)c4)OCCO7)cc3)cc21. The molecular weight excluding hydrogens is 1270 g/mol. The molecule has 1 aliphatic carbocycles. The lowest BCUT2D eigenvalue weighted by molar-refractivity contribution is 0.171. The zero-order valence-corrected chi connectivity index (χ0v) is 57.0. The van der Waals surface area contributed by atoms with Gasteiger partial charge in [0.2, 0.25) is 0 Å². The standard InChI is InChI=1S/C91H62BN3O4S2/c1-91(2)74-20-9-6-17-68(74)69-38-34-66(51-75(69)91)93(63-30-23-56(24-31-63)55-13-4-3-5-14-55)64-32-25-57(26-33-64)62-47-80-90-81(48-62)95(67-35-40-82-83(52-67)97-42-41-96-82)79-54-85-84(98-43-44-99-85)53-77(79)92(90)76-39-29-59(61-28-37-73-71-19-8-11-22-87(71)101-89(73)50-61)46-78(76)94(80)65-16-12-15-58(45-65)60-27-36-72-70-18-7-10-21-86(70)100-88(72)49-60/h3-40,45-54H,41-44H2,1-2H3. The molecular formula is C91H62BN3O4S2. The molecule has 16 aromatic rings. The number of hydrogen-bond donors (Lipinski definition) is 0. The van der Waals surface area contributed by atoms with Gasteiger partial charge in [0.25, 0.3) is 6.71 Å². The van der Waals surface area contributed by atoms with Gasteiger partial charge in [-0.2, -0.15) is 0 Å². The van der Waals surface area contributed by atoms with Crippen molar-refractivity contribution in [1.29, 1.82) is 0 Å². The highest BCUT2D eigenvalue weighted by Crippen LogP contribution is 2.54. The predicted octanol–water partition coefficient (Wildman–Crippen LogP) is 22.5. The summed E-state index contributed by atoms with van der Waals surface area (Å²) < 4.78 is 30.9. The quantitative estimate of drug-likeness (QED) is 0.133. The van der Waals surface area contributed by atoms with Crippen molar-refractivity contribution in [1.82, 2.24) is 0 Å². The van der Waals surface area contributed by atoms with Crippen molar-refractivity contribution in [3.8, 4) is 78.6 Å². The van der Waals surface area contributed by atoms with Crippen LogP contribution in [-0.4, -0.2) is 33.1 Å². The van der Waals surface area contributed by atoms with Crippen LogP contribution in [-0.2, 0) is 5.41 Å². The maximum atomic E-state index is 6.58. The first-order valence-electron chi connectivity index (χ1n) is 34.8. The van der Waals surface area contributed by atoms with Crippen LogP contribution < -0.4 is 50.0 Å². The Morgan fingerprint density at radius 2 is 0.802 bits per heavy atom. The zero-order valence-electron chi connectivity index (χ0n) is 55.4. The average molecular weight is 1340 g/mol. The van der Waals surface area contributed by atoms with Gasteiger partial charge < -0.3 is 33.6 Å². The number of ether oxygens (including phenoxy) is 4. The van der Waals surface area contributed by atoms with E-state index >= 15 is 0 Å². The summed E-state index contributed by atoms with van der Waals surface area (Å²) in [6.45, 7) is 6.38. The van der Waals surface area contributed by atoms with E-state index in [1.807, 2.05) is 22.7 Å². The van der Waals surface area contributed by atoms with Crippen molar-refractivity contribution >= 4 is 137 Å². The molecule has 4 aliphatic heterocycles. The number of anilines is 9. The molecule has 0 N–H and O–H groups in total. The molecule has 5 aliphatic rings. The summed E-state index contributed by atoms with van der Waals surface area (Å²) in [6.07, 6.45) is 0. The molecule has 10 heteroatoms. The first-order valence-corrected chi connectivity index (χ1v) is 36.4. The topological polar surface area (TPSA) is 46.6 Å². The largest absolute Gasteiger partial charge is 0.486 e. The van der Waals surface area contributed by atoms with Gasteiger partial charge in [-0.15, -0.1) is 22.7 Å². The Balaban J connectivity index is 0.787. The van der Waals surface area contributed by atoms with Crippen LogP contribution in [0, 0.1) is 0 Å². The Labute approximate surface area is 593 Å². The molecule has 0 bridgehead atoms. The highest BCUT2D eigenvalue weighted by atomic mass is 32.1. The van der Waals surface area contributed by atoms with Gasteiger partial charge in [-0.1, -0.05) is 184 Å². The van der Waals surface area contributed by atoms with Crippen LogP contribution in [0.4, 0.5) is 51.2 Å². The molecule has 21 rings (SSSR count). The second-order valence-electron chi connectivity index (χ2n) is 27.6. The Hall–Kier alpha value is -11.8. The fraction of sp³-hybridized carbons (Fsp3) is 0.0769. The number of hydrogen-bond acceptors (Lipinski definition) is 9. The maximum Gasteiger partial charge on any atom is 0.252 e. The zero-order chi connectivity index (χ0) is 66.6. The van der Waals surface area contributed by atoms with Crippen molar-refractivity contribution in [3.05, 3.63) is 302 Å². The first kappa shape index (κ1) is 58.2. The second-order valence-corrected chi connectivity index (χ2v) is 29.7. The van der Waals surface area contributed by atoms with E-state index in [9.17, 15) is 0 Å². The number of benzene rings is 14. The Morgan fingerprint density at radius 3 is 1.49 bits per heavy atom. The van der Waals surface area contributed by atoms with Gasteiger partial charge in [0.05, 0.1) is 5.69 Å². The van der Waals surface area contributed by atoms with E-state index in [4.69, 9.17) is 18.9 Å². The molecule has 101 heavy (non-hydrogen) atoms. The third-order valence-corrected chi connectivity index (χ3v) is 23.8. The lowest BCUT2D eigenvalue weighted by Gasteiger charge is -2.45. The molecule has 6 heterocycles. The molecule has 14 aromatic carbocycles. The van der Waals surface area contributed by atoms with Crippen LogP contribution in [0.3, 0.4) is 0 Å². The lowest BCUT2D eigenvalue weighted by Crippen LogP contribution is -2.61. The number of nitrogens with zero attached hydrogens (tertiary/aromatic N) is 3. The van der Waals surface area contributed by atoms with Crippen LogP contribution in [0.1, 0.15) is 25.0 Å². The van der Waals surface area contributed by atoms with Gasteiger partial charge in [-0.3, -0.25) is 0 Å². The minimum Gasteiger partial charge on any atom is -0.486 e. The van der Waals surface area contributed by atoms with Crippen LogP contribution in [0.5, 0.6) is 23.0 Å². The third kappa shape index (κ3) is 9.24. The number of rotatable bonds is 9. The lowest BCUT2D eigenvalue weighted by atomic mass is 9.33. The van der Waals surface area contributed by atoms with E-state index in [1.165, 1.54) is 95.8 Å². The van der Waals surface area contributed by atoms with Gasteiger partial charge >= 0.3 is 0 Å². The Morgan fingerprint density at radius 1 is 0.317 bits per heavy atom. The minimum atomic E-state index is -0.230. The van der Waals surface area contributed by atoms with Crippen molar-refractivity contribution in [2.75, 3.05) is 41.1 Å². The summed E-state index contributed by atoms with van der Waals surface area (Å²) in [5, 5.41) is 5.14. The fourth-order valence-electron chi connectivity index (χ4n) is 16.8. The highest BCUT2D eigenvalue weighted by Gasteiger charge is 2.45. The van der Waals surface area contributed by atoms with Gasteiger partial charge in [-0.05, 0) is 192 Å². The van der Waals surface area contributed by atoms with E-state index in [2.05, 4.69) is 320 Å². The number of fused-ring (bicyclic) bond motifs is 15. The van der Waals surface area contributed by atoms with Crippen LogP contribution in [0.25, 0.3) is 96.0 Å². The molecule has 480 valence electrons. The van der Waals surface area contributed by atoms with Crippen molar-refractivity contribution in [3.63, 3.8) is 0 Å². The van der Waals surface area contributed by atoms with Crippen molar-refractivity contribution in [2.45, 2.75) is 19.3 Å². The molecule has 0 fully saturated rings. The second kappa shape index (κ2) is 22.6. The first-order chi connectivity index (χ1) is 49.8. The van der Waals surface area contributed by atoms with Crippen molar-refractivity contribution < 1.29 is 18.9 Å². The molecule has 0 atom stereocenters. The molecule has 0 radical (unpaired) electrons. The summed E-state index contributed by atoms with van der Waals surface area (Å²) in [4.78, 5) is 7.42. The normalized spacial score (nSPS) is 14.2. The molecule has 7 nitrogen and oxygen atoms in total. The van der Waals surface area contributed by atoms with Gasteiger partial charge in [-0.25, -0.2) is 0 Å². The monoisotopic (exact) mass is 1340 g/mol. The summed E-state index contributed by atoms with van der Waals surface area (Å²) in [6, 6.07) is 109. The Bertz CT molecular complexity index is 6120. The summed E-state index contributed by atoms with van der Waals surface area (Å²) in [5.41, 5.74) is 27.2. The molecule has 0 spiro atoms. The fourth-order valence-corrected chi connectivity index (χ4v) is 19.0. The number of thiophene rings is 2. The van der Waals surface area contributed by atoms with Gasteiger partial charge in [0, 0.05) is 103 Å². The van der Waals surface area contributed by atoms with Gasteiger partial charge in [0.1, 0.15) is 26.4 Å². The van der Waals surface area contributed by atoms with E-state index in [0.29, 0.717) is 32.2 Å². The van der Waals surface area contributed by atoms with E-state index < -0.39 is 0 Å². The highest BCUT2D eigenvalue weighted by molar-refractivity contribution is 7.26. The van der Waals surface area contributed by atoms with Crippen molar-refractivity contribution in [2.24, 2.45) is 0 Å². The molecule has 0 unspecified atom stereocenters. The van der Waals surface area contributed by atoms with Crippen LogP contribution in [0.15, 0.2) is 291 Å². The van der Waals surface area contributed by atoms with Crippen LogP contribution in [0.2, 0.25) is 0 Å². The average Bonchev–Trinajstić information content (AvgIpc) is 1.52. The van der Waals surface area contributed by atoms with Gasteiger partial charge in [0.15, 0.2) is 23.0 Å². The van der Waals surface area contributed by atoms with E-state index in [-0.39, 0.29) is 12.1 Å². The van der Waals surface area contributed by atoms with E-state index in [1.54, 1.807) is 0 Å². The summed E-state index contributed by atoms with van der Waals surface area (Å²) >= 11 is 3.72. The predicted molar refractivity (Wildman–Crippen MR) is 422 cm³/mol. The smallest absolute Gasteiger partial charge is 0.252 e. The molecule has 0 saturated carbocycles. The third-order valence-electron chi connectivity index (χ3n) is 21.6.